The summed E-state index contributed by atoms with van der Waals surface area (Å²) in [7, 11) is 0. The number of terminal acetylenes is 1. The van der Waals surface area contributed by atoms with Crippen molar-refractivity contribution < 1.29 is 13.9 Å². The van der Waals surface area contributed by atoms with Crippen LogP contribution in [0.5, 0.6) is 0 Å². The van der Waals surface area contributed by atoms with Crippen LogP contribution in [0.2, 0.25) is 0 Å². The number of carbonyl (C=O) groups is 1. The summed E-state index contributed by atoms with van der Waals surface area (Å²) in [4.78, 5) is 11.9. The van der Waals surface area contributed by atoms with Crippen LogP contribution < -0.4 is 0 Å². The Labute approximate surface area is 110 Å². The average molecular weight is 260 g/mol. The largest absolute Gasteiger partial charge is 0.442 e. The molecule has 0 spiro atoms. The van der Waals surface area contributed by atoms with E-state index in [2.05, 4.69) is 11.0 Å². The van der Waals surface area contributed by atoms with E-state index in [4.69, 9.17) is 11.2 Å². The minimum absolute atomic E-state index is 0.196. The SMILES string of the molecule is C#Cc1ccc2c(c1)c(F)nn2C(=O)OC(C)(C)C. The van der Waals surface area contributed by atoms with Crippen molar-refractivity contribution in [3.63, 3.8) is 0 Å². The van der Waals surface area contributed by atoms with Gasteiger partial charge in [-0.2, -0.15) is 9.07 Å². The minimum atomic E-state index is -0.752. The zero-order valence-electron chi connectivity index (χ0n) is 10.9. The number of hydrogen-bond donors (Lipinski definition) is 0. The van der Waals surface area contributed by atoms with Crippen molar-refractivity contribution in [1.29, 1.82) is 0 Å². The number of carbonyl (C=O) groups excluding carboxylic acids is 1. The highest BCUT2D eigenvalue weighted by atomic mass is 19.1. The Hall–Kier alpha value is -2.35. The van der Waals surface area contributed by atoms with E-state index in [1.165, 1.54) is 6.07 Å². The van der Waals surface area contributed by atoms with E-state index in [1.807, 2.05) is 0 Å². The number of benzene rings is 1. The Morgan fingerprint density at radius 3 is 2.74 bits per heavy atom. The second-order valence-electron chi connectivity index (χ2n) is 5.06. The summed E-state index contributed by atoms with van der Waals surface area (Å²) >= 11 is 0. The molecule has 19 heavy (non-hydrogen) atoms. The van der Waals surface area contributed by atoms with E-state index in [1.54, 1.807) is 32.9 Å². The molecule has 1 aromatic carbocycles. The fourth-order valence-electron chi connectivity index (χ4n) is 1.62. The number of hydrogen-bond acceptors (Lipinski definition) is 3. The van der Waals surface area contributed by atoms with E-state index in [-0.39, 0.29) is 5.39 Å². The van der Waals surface area contributed by atoms with Gasteiger partial charge in [0.2, 0.25) is 5.95 Å². The maximum absolute atomic E-state index is 13.7. The summed E-state index contributed by atoms with van der Waals surface area (Å²) in [5.74, 6) is 1.65. The first-order chi connectivity index (χ1) is 8.81. The molecule has 0 atom stereocenters. The normalized spacial score (nSPS) is 11.3. The molecule has 4 nitrogen and oxygen atoms in total. The predicted molar refractivity (Wildman–Crippen MR) is 69.3 cm³/mol. The first kappa shape index (κ1) is 13.1. The van der Waals surface area contributed by atoms with Gasteiger partial charge in [0, 0.05) is 5.56 Å². The first-order valence-corrected chi connectivity index (χ1v) is 5.70. The molecule has 0 aliphatic carbocycles. The van der Waals surface area contributed by atoms with Gasteiger partial charge >= 0.3 is 6.09 Å². The van der Waals surface area contributed by atoms with Gasteiger partial charge in [-0.3, -0.25) is 0 Å². The standard InChI is InChI=1S/C14H13FN2O2/c1-5-9-6-7-11-10(8-9)12(15)16-17(11)13(18)19-14(2,3)4/h1,6-8H,2-4H3. The van der Waals surface area contributed by atoms with Gasteiger partial charge in [0.15, 0.2) is 0 Å². The molecule has 0 amide bonds. The van der Waals surface area contributed by atoms with Crippen molar-refractivity contribution in [1.82, 2.24) is 9.78 Å². The second kappa shape index (κ2) is 4.39. The molecule has 0 unspecified atom stereocenters. The van der Waals surface area contributed by atoms with Gasteiger partial charge in [0.05, 0.1) is 10.9 Å². The highest BCUT2D eigenvalue weighted by molar-refractivity contribution is 5.88. The number of rotatable bonds is 0. The Kier molecular flexibility index (Phi) is 3.03. The van der Waals surface area contributed by atoms with Gasteiger partial charge in [0.1, 0.15) is 5.60 Å². The lowest BCUT2D eigenvalue weighted by Crippen LogP contribution is -2.27. The van der Waals surface area contributed by atoms with Crippen LogP contribution in [0, 0.1) is 18.3 Å². The van der Waals surface area contributed by atoms with E-state index >= 15 is 0 Å². The molecule has 0 N–H and O–H groups in total. The molecular weight excluding hydrogens is 247 g/mol. The number of nitrogens with zero attached hydrogens (tertiary/aromatic N) is 2. The van der Waals surface area contributed by atoms with Crippen molar-refractivity contribution in [3.8, 4) is 12.3 Å². The molecule has 2 rings (SSSR count). The van der Waals surface area contributed by atoms with E-state index < -0.39 is 17.6 Å². The highest BCUT2D eigenvalue weighted by Crippen LogP contribution is 2.20. The lowest BCUT2D eigenvalue weighted by molar-refractivity contribution is 0.0519. The third-order valence-electron chi connectivity index (χ3n) is 2.37. The van der Waals surface area contributed by atoms with Crippen molar-refractivity contribution in [2.24, 2.45) is 0 Å². The van der Waals surface area contributed by atoms with Crippen molar-refractivity contribution in [3.05, 3.63) is 29.7 Å². The van der Waals surface area contributed by atoms with Gasteiger partial charge in [-0.1, -0.05) is 5.92 Å². The third-order valence-corrected chi connectivity index (χ3v) is 2.37. The molecule has 0 aliphatic rings. The van der Waals surface area contributed by atoms with Gasteiger partial charge < -0.3 is 4.74 Å². The van der Waals surface area contributed by atoms with E-state index in [9.17, 15) is 9.18 Å². The van der Waals surface area contributed by atoms with Gasteiger partial charge in [-0.05, 0) is 39.0 Å². The van der Waals surface area contributed by atoms with Gasteiger partial charge in [-0.15, -0.1) is 11.5 Å². The monoisotopic (exact) mass is 260 g/mol. The number of ether oxygens (including phenoxy) is 1. The van der Waals surface area contributed by atoms with E-state index in [0.717, 1.165) is 4.68 Å². The molecule has 0 radical (unpaired) electrons. The third kappa shape index (κ3) is 2.58. The van der Waals surface area contributed by atoms with Crippen molar-refractivity contribution >= 4 is 17.0 Å². The Morgan fingerprint density at radius 1 is 1.47 bits per heavy atom. The molecule has 0 saturated heterocycles. The van der Waals surface area contributed by atoms with E-state index in [0.29, 0.717) is 11.1 Å². The minimum Gasteiger partial charge on any atom is -0.442 e. The Balaban J connectivity index is 2.52. The lowest BCUT2D eigenvalue weighted by Gasteiger charge is -2.19. The molecule has 0 saturated carbocycles. The zero-order chi connectivity index (χ0) is 14.2. The van der Waals surface area contributed by atoms with Crippen molar-refractivity contribution in [2.75, 3.05) is 0 Å². The topological polar surface area (TPSA) is 44.1 Å². The molecule has 0 fully saturated rings. The van der Waals surface area contributed by atoms with Crippen LogP contribution in [-0.4, -0.2) is 21.5 Å². The zero-order valence-corrected chi connectivity index (χ0v) is 10.9. The van der Waals surface area contributed by atoms with Crippen LogP contribution in [0.3, 0.4) is 0 Å². The highest BCUT2D eigenvalue weighted by Gasteiger charge is 2.22. The number of fused-ring (bicyclic) bond motifs is 1. The van der Waals surface area contributed by atoms with Crippen LogP contribution in [0.25, 0.3) is 10.9 Å². The summed E-state index contributed by atoms with van der Waals surface area (Å²) < 4.78 is 19.8. The molecule has 1 heterocycles. The van der Waals surface area contributed by atoms with Crippen molar-refractivity contribution in [2.45, 2.75) is 26.4 Å². The Bertz CT molecular complexity index is 690. The predicted octanol–water partition coefficient (Wildman–Crippen LogP) is 2.94. The van der Waals surface area contributed by atoms with Gasteiger partial charge in [-0.25, -0.2) is 4.79 Å². The van der Waals surface area contributed by atoms with Gasteiger partial charge in [0.25, 0.3) is 0 Å². The molecule has 0 bridgehead atoms. The average Bonchev–Trinajstić information content (AvgIpc) is 2.64. The molecule has 0 aliphatic heterocycles. The maximum atomic E-state index is 13.7. The first-order valence-electron chi connectivity index (χ1n) is 5.70. The summed E-state index contributed by atoms with van der Waals surface area (Å²) in [5, 5.41) is 3.75. The smallest absolute Gasteiger partial charge is 0.435 e. The molecule has 1 aromatic heterocycles. The van der Waals surface area contributed by atoms with Crippen LogP contribution in [-0.2, 0) is 4.74 Å². The van der Waals surface area contributed by atoms with Crippen LogP contribution in [0.1, 0.15) is 26.3 Å². The Morgan fingerprint density at radius 2 is 2.16 bits per heavy atom. The fourth-order valence-corrected chi connectivity index (χ4v) is 1.62. The second-order valence-corrected chi connectivity index (χ2v) is 5.06. The lowest BCUT2D eigenvalue weighted by atomic mass is 10.2. The van der Waals surface area contributed by atoms with Crippen LogP contribution in [0.15, 0.2) is 18.2 Å². The molecule has 98 valence electrons. The summed E-state index contributed by atoms with van der Waals surface area (Å²) in [5.41, 5.74) is 0.172. The number of halogens is 1. The number of aromatic nitrogens is 2. The fraction of sp³-hybridized carbons (Fsp3) is 0.286. The quantitative estimate of drug-likeness (QED) is 0.684. The molecule has 5 heteroatoms. The van der Waals surface area contributed by atoms with Crippen LogP contribution >= 0.6 is 0 Å². The maximum Gasteiger partial charge on any atom is 0.435 e. The summed E-state index contributed by atoms with van der Waals surface area (Å²) in [6.45, 7) is 5.18. The summed E-state index contributed by atoms with van der Waals surface area (Å²) in [6.07, 6.45) is 4.52. The van der Waals surface area contributed by atoms with Crippen LogP contribution in [0.4, 0.5) is 9.18 Å². The summed E-state index contributed by atoms with van der Waals surface area (Å²) in [6, 6.07) is 4.63. The molecular formula is C14H13FN2O2. The molecule has 2 aromatic rings.